The van der Waals surface area contributed by atoms with Crippen molar-refractivity contribution in [1.82, 2.24) is 10.6 Å². The van der Waals surface area contributed by atoms with Crippen LogP contribution in [0.3, 0.4) is 0 Å². The van der Waals surface area contributed by atoms with Gasteiger partial charge in [0, 0.05) is 25.2 Å². The van der Waals surface area contributed by atoms with Crippen LogP contribution in [0.25, 0.3) is 0 Å². The number of nitrogens with one attached hydrogen (secondary N) is 2. The Morgan fingerprint density at radius 1 is 1.19 bits per heavy atom. The molecule has 1 aliphatic rings. The molecule has 1 saturated carbocycles. The minimum Gasteiger partial charge on any atom is -0.355 e. The molecule has 116 valence electrons. The van der Waals surface area contributed by atoms with E-state index in [1.165, 1.54) is 31.2 Å². The molecule has 0 heterocycles. The molecule has 0 saturated heterocycles. The topological polar surface area (TPSA) is 41.1 Å². The van der Waals surface area contributed by atoms with Gasteiger partial charge in [-0.2, -0.15) is 0 Å². The summed E-state index contributed by atoms with van der Waals surface area (Å²) in [6.45, 7) is 5.56. The molecule has 1 aliphatic carbocycles. The number of carbonyl (C=O) groups is 1. The maximum absolute atomic E-state index is 11.5. The smallest absolute Gasteiger partial charge is 0.251 e. The van der Waals surface area contributed by atoms with E-state index < -0.39 is 0 Å². The molecule has 3 nitrogen and oxygen atoms in total. The lowest BCUT2D eigenvalue weighted by molar-refractivity contribution is 0.0963. The van der Waals surface area contributed by atoms with Gasteiger partial charge >= 0.3 is 0 Å². The molecule has 3 heteroatoms. The molecule has 0 bridgehead atoms. The average Bonchev–Trinajstić information content (AvgIpc) is 2.52. The van der Waals surface area contributed by atoms with Crippen LogP contribution in [0, 0.1) is 11.8 Å². The van der Waals surface area contributed by atoms with Crippen LogP contribution in [0.5, 0.6) is 0 Å². The van der Waals surface area contributed by atoms with Gasteiger partial charge in [0.15, 0.2) is 0 Å². The molecule has 0 radical (unpaired) electrons. The van der Waals surface area contributed by atoms with Crippen LogP contribution < -0.4 is 10.6 Å². The van der Waals surface area contributed by atoms with Crippen molar-refractivity contribution in [3.63, 3.8) is 0 Å². The zero-order chi connectivity index (χ0) is 15.2. The van der Waals surface area contributed by atoms with Gasteiger partial charge < -0.3 is 10.6 Å². The molecule has 0 spiro atoms. The van der Waals surface area contributed by atoms with Crippen molar-refractivity contribution in [3.8, 4) is 0 Å². The first kappa shape index (κ1) is 16.0. The van der Waals surface area contributed by atoms with Crippen LogP contribution in [0.1, 0.15) is 55.5 Å². The zero-order valence-corrected chi connectivity index (χ0v) is 13.5. The summed E-state index contributed by atoms with van der Waals surface area (Å²) in [4.78, 5) is 11.5. The van der Waals surface area contributed by atoms with Crippen LogP contribution in [0.15, 0.2) is 24.3 Å². The van der Waals surface area contributed by atoms with Crippen LogP contribution in [-0.2, 0) is 6.54 Å². The molecule has 1 aromatic carbocycles. The Kier molecular flexibility index (Phi) is 5.80. The van der Waals surface area contributed by atoms with Crippen molar-refractivity contribution >= 4 is 5.91 Å². The highest BCUT2D eigenvalue weighted by atomic mass is 16.1. The Morgan fingerprint density at radius 3 is 2.48 bits per heavy atom. The third-order valence-corrected chi connectivity index (χ3v) is 4.69. The quantitative estimate of drug-likeness (QED) is 0.872. The molecule has 21 heavy (non-hydrogen) atoms. The van der Waals surface area contributed by atoms with E-state index in [-0.39, 0.29) is 5.91 Å². The second-order valence-electron chi connectivity index (χ2n) is 6.46. The SMILES string of the molecule is CNC(=O)c1ccc(CNC2CCCCC2C(C)C)cc1. The number of carbonyl (C=O) groups excluding carboxylic acids is 1. The van der Waals surface area contributed by atoms with Gasteiger partial charge in [0.1, 0.15) is 0 Å². The molecule has 0 aliphatic heterocycles. The lowest BCUT2D eigenvalue weighted by atomic mass is 9.78. The minimum atomic E-state index is -0.0262. The summed E-state index contributed by atoms with van der Waals surface area (Å²) in [5.41, 5.74) is 1.97. The number of amides is 1. The summed E-state index contributed by atoms with van der Waals surface area (Å²) in [5, 5.41) is 6.38. The number of benzene rings is 1. The molecular weight excluding hydrogens is 260 g/mol. The summed E-state index contributed by atoms with van der Waals surface area (Å²) in [5.74, 6) is 1.52. The lowest BCUT2D eigenvalue weighted by Crippen LogP contribution is -2.40. The second-order valence-corrected chi connectivity index (χ2v) is 6.46. The van der Waals surface area contributed by atoms with Gasteiger partial charge in [-0.25, -0.2) is 0 Å². The Balaban J connectivity index is 1.91. The van der Waals surface area contributed by atoms with Crippen molar-refractivity contribution in [1.29, 1.82) is 0 Å². The van der Waals surface area contributed by atoms with E-state index in [1.807, 2.05) is 24.3 Å². The highest BCUT2D eigenvalue weighted by Crippen LogP contribution is 2.30. The first-order valence-electron chi connectivity index (χ1n) is 8.16. The van der Waals surface area contributed by atoms with Crippen molar-refractivity contribution < 1.29 is 4.79 Å². The molecular formula is C18H28N2O. The predicted molar refractivity (Wildman–Crippen MR) is 87.3 cm³/mol. The Labute approximate surface area is 128 Å². The Hall–Kier alpha value is -1.35. The lowest BCUT2D eigenvalue weighted by Gasteiger charge is -2.35. The van der Waals surface area contributed by atoms with E-state index in [0.717, 1.165) is 23.9 Å². The molecule has 1 aromatic rings. The van der Waals surface area contributed by atoms with Gasteiger partial charge in [-0.3, -0.25) is 4.79 Å². The fourth-order valence-electron chi connectivity index (χ4n) is 3.38. The fraction of sp³-hybridized carbons (Fsp3) is 0.611. The van der Waals surface area contributed by atoms with E-state index in [4.69, 9.17) is 0 Å². The Bertz CT molecular complexity index is 453. The summed E-state index contributed by atoms with van der Waals surface area (Å²) >= 11 is 0. The minimum absolute atomic E-state index is 0.0262. The standard InChI is InChI=1S/C18H28N2O/c1-13(2)16-6-4-5-7-17(16)20-12-14-8-10-15(11-9-14)18(21)19-3/h8-11,13,16-17,20H,4-7,12H2,1-3H3,(H,19,21). The summed E-state index contributed by atoms with van der Waals surface area (Å²) in [7, 11) is 1.66. The average molecular weight is 288 g/mol. The molecule has 2 rings (SSSR count). The van der Waals surface area contributed by atoms with Gasteiger partial charge in [0.25, 0.3) is 5.91 Å². The number of hydrogen-bond donors (Lipinski definition) is 2. The van der Waals surface area contributed by atoms with Crippen LogP contribution in [-0.4, -0.2) is 19.0 Å². The summed E-state index contributed by atoms with van der Waals surface area (Å²) < 4.78 is 0. The van der Waals surface area contributed by atoms with E-state index in [2.05, 4.69) is 24.5 Å². The molecule has 0 aromatic heterocycles. The zero-order valence-electron chi connectivity index (χ0n) is 13.5. The van der Waals surface area contributed by atoms with E-state index in [1.54, 1.807) is 7.05 Å². The highest BCUT2D eigenvalue weighted by Gasteiger charge is 2.26. The predicted octanol–water partition coefficient (Wildman–Crippen LogP) is 3.35. The first-order chi connectivity index (χ1) is 10.1. The van der Waals surface area contributed by atoms with Crippen molar-refractivity contribution in [2.75, 3.05) is 7.05 Å². The normalized spacial score (nSPS) is 22.3. The fourth-order valence-corrected chi connectivity index (χ4v) is 3.38. The second kappa shape index (κ2) is 7.60. The summed E-state index contributed by atoms with van der Waals surface area (Å²) in [6, 6.07) is 8.53. The van der Waals surface area contributed by atoms with E-state index in [0.29, 0.717) is 6.04 Å². The van der Waals surface area contributed by atoms with Crippen LogP contribution in [0.2, 0.25) is 0 Å². The number of rotatable bonds is 5. The van der Waals surface area contributed by atoms with Crippen molar-refractivity contribution in [2.24, 2.45) is 11.8 Å². The van der Waals surface area contributed by atoms with Gasteiger partial charge in [0.05, 0.1) is 0 Å². The first-order valence-corrected chi connectivity index (χ1v) is 8.16. The third-order valence-electron chi connectivity index (χ3n) is 4.69. The van der Waals surface area contributed by atoms with E-state index >= 15 is 0 Å². The van der Waals surface area contributed by atoms with Gasteiger partial charge in [0.2, 0.25) is 0 Å². The van der Waals surface area contributed by atoms with E-state index in [9.17, 15) is 4.79 Å². The maximum atomic E-state index is 11.5. The molecule has 1 amide bonds. The van der Waals surface area contributed by atoms with Gasteiger partial charge in [-0.05, 0) is 42.4 Å². The molecule has 1 fully saturated rings. The van der Waals surface area contributed by atoms with Gasteiger partial charge in [-0.1, -0.05) is 38.8 Å². The third kappa shape index (κ3) is 4.31. The van der Waals surface area contributed by atoms with Crippen molar-refractivity contribution in [2.45, 2.75) is 52.1 Å². The monoisotopic (exact) mass is 288 g/mol. The van der Waals surface area contributed by atoms with Gasteiger partial charge in [-0.15, -0.1) is 0 Å². The molecule has 2 N–H and O–H groups in total. The summed E-state index contributed by atoms with van der Waals surface area (Å²) in [6.07, 6.45) is 5.36. The maximum Gasteiger partial charge on any atom is 0.251 e. The van der Waals surface area contributed by atoms with Crippen LogP contribution in [0.4, 0.5) is 0 Å². The molecule has 2 unspecified atom stereocenters. The highest BCUT2D eigenvalue weighted by molar-refractivity contribution is 5.93. The van der Waals surface area contributed by atoms with Crippen LogP contribution >= 0.6 is 0 Å². The number of hydrogen-bond acceptors (Lipinski definition) is 2. The Morgan fingerprint density at radius 2 is 1.86 bits per heavy atom. The largest absolute Gasteiger partial charge is 0.355 e. The van der Waals surface area contributed by atoms with Crippen molar-refractivity contribution in [3.05, 3.63) is 35.4 Å². The molecule has 2 atom stereocenters.